The first-order valence-electron chi connectivity index (χ1n) is 6.64. The predicted molar refractivity (Wildman–Crippen MR) is 81.0 cm³/mol. The quantitative estimate of drug-likeness (QED) is 0.686. The summed E-state index contributed by atoms with van der Waals surface area (Å²) in [6.45, 7) is 2.41. The van der Waals surface area contributed by atoms with Crippen LogP contribution >= 0.6 is 11.6 Å². The largest absolute Gasteiger partial charge is 0.445 e. The highest BCUT2D eigenvalue weighted by Crippen LogP contribution is 2.16. The molecule has 0 fully saturated rings. The van der Waals surface area contributed by atoms with E-state index in [1.54, 1.807) is 24.3 Å². The number of carbonyl (C=O) groups excluding carboxylic acids is 1. The lowest BCUT2D eigenvalue weighted by atomic mass is 10.1. The van der Waals surface area contributed by atoms with Crippen LogP contribution in [-0.4, -0.2) is 44.4 Å². The molecule has 0 saturated heterocycles. The molecule has 0 radical (unpaired) electrons. The average Bonchev–Trinajstić information content (AvgIpc) is 2.37. The number of hydrogen-bond acceptors (Lipinski definition) is 2. The van der Waals surface area contributed by atoms with E-state index in [0.29, 0.717) is 17.3 Å². The van der Waals surface area contributed by atoms with Crippen molar-refractivity contribution >= 4 is 23.4 Å². The molecule has 0 saturated carbocycles. The van der Waals surface area contributed by atoms with E-state index in [-0.39, 0.29) is 0 Å². The van der Waals surface area contributed by atoms with Crippen LogP contribution in [0.5, 0.6) is 0 Å². The number of quaternary nitrogens is 1. The number of carbonyl (C=O) groups is 1. The van der Waals surface area contributed by atoms with Crippen LogP contribution in [-0.2, 0) is 4.74 Å². The number of rotatable bonds is 3. The number of anilines is 1. The lowest BCUT2D eigenvalue weighted by Gasteiger charge is -2.32. The van der Waals surface area contributed by atoms with Crippen LogP contribution in [0.15, 0.2) is 35.9 Å². The van der Waals surface area contributed by atoms with Crippen molar-refractivity contribution in [2.24, 2.45) is 0 Å². The highest BCUT2D eigenvalue weighted by molar-refractivity contribution is 6.30. The molecule has 4 nitrogen and oxygen atoms in total. The van der Waals surface area contributed by atoms with Gasteiger partial charge >= 0.3 is 6.09 Å². The zero-order valence-corrected chi connectivity index (χ0v) is 12.6. The molecule has 1 aliphatic heterocycles. The number of nitrogens with zero attached hydrogens (tertiary/aromatic N) is 1. The van der Waals surface area contributed by atoms with Crippen molar-refractivity contribution in [2.75, 3.05) is 39.1 Å². The summed E-state index contributed by atoms with van der Waals surface area (Å²) in [4.78, 5) is 11.7. The second-order valence-corrected chi connectivity index (χ2v) is 6.10. The van der Waals surface area contributed by atoms with Gasteiger partial charge in [-0.2, -0.15) is 0 Å². The monoisotopic (exact) mass is 295 g/mol. The third kappa shape index (κ3) is 4.54. The summed E-state index contributed by atoms with van der Waals surface area (Å²) in [5.74, 6) is 0. The van der Waals surface area contributed by atoms with Gasteiger partial charge in [0.25, 0.3) is 0 Å². The number of hydrogen-bond donors (Lipinski definition) is 1. The fourth-order valence-electron chi connectivity index (χ4n) is 2.03. The molecule has 1 aromatic rings. The molecular weight excluding hydrogens is 276 g/mol. The standard InChI is InChI=1S/C15H19ClN2O2/c1-18(2)8-6-12(7-9-18)11-20-15(19)17-14-5-3-4-13(16)10-14/h3-6,10H,7-9,11H2,1-2H3/p+1. The van der Waals surface area contributed by atoms with Crippen molar-refractivity contribution in [3.63, 3.8) is 0 Å². The van der Waals surface area contributed by atoms with Gasteiger partial charge in [-0.1, -0.05) is 17.7 Å². The van der Waals surface area contributed by atoms with Crippen LogP contribution < -0.4 is 5.32 Å². The Morgan fingerprint density at radius 1 is 1.45 bits per heavy atom. The van der Waals surface area contributed by atoms with Crippen LogP contribution in [0.4, 0.5) is 10.5 Å². The van der Waals surface area contributed by atoms with Crippen molar-refractivity contribution in [3.8, 4) is 0 Å². The fraction of sp³-hybridized carbons (Fsp3) is 0.400. The van der Waals surface area contributed by atoms with Gasteiger partial charge in [0.05, 0.1) is 27.2 Å². The van der Waals surface area contributed by atoms with Gasteiger partial charge in [0.1, 0.15) is 6.61 Å². The molecule has 1 aromatic carbocycles. The van der Waals surface area contributed by atoms with Crippen LogP contribution in [0.2, 0.25) is 5.02 Å². The Bertz CT molecular complexity index is 526. The number of nitrogens with one attached hydrogen (secondary N) is 1. The molecular formula is C15H20ClN2O2+. The summed E-state index contributed by atoms with van der Waals surface area (Å²) in [6.07, 6.45) is 2.68. The maximum Gasteiger partial charge on any atom is 0.411 e. The third-order valence-corrected chi connectivity index (χ3v) is 3.61. The Morgan fingerprint density at radius 3 is 2.90 bits per heavy atom. The van der Waals surface area contributed by atoms with E-state index >= 15 is 0 Å². The average molecular weight is 296 g/mol. The molecule has 20 heavy (non-hydrogen) atoms. The van der Waals surface area contributed by atoms with Gasteiger partial charge in [0.15, 0.2) is 0 Å². The van der Waals surface area contributed by atoms with Gasteiger partial charge in [-0.3, -0.25) is 5.32 Å². The van der Waals surface area contributed by atoms with Crippen LogP contribution in [0.25, 0.3) is 0 Å². The van der Waals surface area contributed by atoms with E-state index in [0.717, 1.165) is 24.0 Å². The van der Waals surface area contributed by atoms with E-state index in [1.165, 1.54) is 5.57 Å². The second-order valence-electron chi connectivity index (χ2n) is 5.67. The molecule has 5 heteroatoms. The molecule has 0 aromatic heterocycles. The second kappa shape index (κ2) is 6.29. The number of halogens is 1. The van der Waals surface area contributed by atoms with Gasteiger partial charge in [-0.05, 0) is 29.8 Å². The van der Waals surface area contributed by atoms with E-state index in [9.17, 15) is 4.79 Å². The minimum Gasteiger partial charge on any atom is -0.445 e. The molecule has 108 valence electrons. The molecule has 1 N–H and O–H groups in total. The minimum atomic E-state index is -0.451. The number of benzene rings is 1. The molecule has 2 rings (SSSR count). The zero-order chi connectivity index (χ0) is 14.6. The molecule has 0 unspecified atom stereocenters. The van der Waals surface area contributed by atoms with Gasteiger partial charge < -0.3 is 9.22 Å². The fourth-order valence-corrected chi connectivity index (χ4v) is 2.22. The van der Waals surface area contributed by atoms with Crippen molar-refractivity contribution < 1.29 is 14.0 Å². The Labute approximate surface area is 124 Å². The molecule has 1 aliphatic rings. The first-order chi connectivity index (χ1) is 9.44. The number of amides is 1. The van der Waals surface area contributed by atoms with E-state index < -0.39 is 6.09 Å². The summed E-state index contributed by atoms with van der Waals surface area (Å²) in [5, 5.41) is 3.24. The van der Waals surface area contributed by atoms with Crippen LogP contribution in [0, 0.1) is 0 Å². The summed E-state index contributed by atoms with van der Waals surface area (Å²) in [7, 11) is 4.39. The Kier molecular flexibility index (Phi) is 4.68. The molecule has 1 amide bonds. The van der Waals surface area contributed by atoms with Gasteiger partial charge in [0, 0.05) is 17.1 Å². The van der Waals surface area contributed by atoms with E-state index in [1.807, 2.05) is 0 Å². The third-order valence-electron chi connectivity index (χ3n) is 3.37. The summed E-state index contributed by atoms with van der Waals surface area (Å²) in [5.41, 5.74) is 1.82. The van der Waals surface area contributed by atoms with Crippen molar-refractivity contribution in [1.82, 2.24) is 0 Å². The van der Waals surface area contributed by atoms with Gasteiger partial charge in [-0.25, -0.2) is 4.79 Å². The predicted octanol–water partition coefficient (Wildman–Crippen LogP) is 3.30. The first kappa shape index (κ1) is 14.9. The summed E-state index contributed by atoms with van der Waals surface area (Å²) >= 11 is 5.85. The maximum atomic E-state index is 11.7. The van der Waals surface area contributed by atoms with Crippen molar-refractivity contribution in [3.05, 3.63) is 40.9 Å². The molecule has 0 bridgehead atoms. The molecule has 0 aliphatic carbocycles. The Hall–Kier alpha value is -1.52. The minimum absolute atomic E-state index is 0.354. The van der Waals surface area contributed by atoms with Crippen LogP contribution in [0.1, 0.15) is 6.42 Å². The highest BCUT2D eigenvalue weighted by Gasteiger charge is 2.20. The van der Waals surface area contributed by atoms with Gasteiger partial charge in [-0.15, -0.1) is 0 Å². The molecule has 1 heterocycles. The SMILES string of the molecule is C[N+]1(C)CC=C(COC(=O)Nc2cccc(Cl)c2)CC1. The van der Waals surface area contributed by atoms with E-state index in [4.69, 9.17) is 16.3 Å². The maximum absolute atomic E-state index is 11.7. The number of likely N-dealkylation sites (N-methyl/N-ethyl adjacent to an activating group) is 1. The smallest absolute Gasteiger partial charge is 0.411 e. The lowest BCUT2D eigenvalue weighted by Crippen LogP contribution is -2.43. The Balaban J connectivity index is 1.80. The topological polar surface area (TPSA) is 38.3 Å². The number of ether oxygens (including phenoxy) is 1. The normalized spacial score (nSPS) is 17.2. The highest BCUT2D eigenvalue weighted by atomic mass is 35.5. The Morgan fingerprint density at radius 2 is 2.25 bits per heavy atom. The van der Waals surface area contributed by atoms with Crippen molar-refractivity contribution in [2.45, 2.75) is 6.42 Å². The van der Waals surface area contributed by atoms with Crippen LogP contribution in [0.3, 0.4) is 0 Å². The zero-order valence-electron chi connectivity index (χ0n) is 11.9. The van der Waals surface area contributed by atoms with Crippen molar-refractivity contribution in [1.29, 1.82) is 0 Å². The van der Waals surface area contributed by atoms with Gasteiger partial charge in [0.2, 0.25) is 0 Å². The summed E-state index contributed by atoms with van der Waals surface area (Å²) in [6, 6.07) is 6.99. The molecule has 0 spiro atoms. The molecule has 0 atom stereocenters. The first-order valence-corrected chi connectivity index (χ1v) is 7.02. The lowest BCUT2D eigenvalue weighted by molar-refractivity contribution is -0.886. The summed E-state index contributed by atoms with van der Waals surface area (Å²) < 4.78 is 6.21. The van der Waals surface area contributed by atoms with E-state index in [2.05, 4.69) is 25.5 Å².